The van der Waals surface area contributed by atoms with Crippen LogP contribution in [0.1, 0.15) is 11.4 Å². The van der Waals surface area contributed by atoms with Gasteiger partial charge in [0, 0.05) is 25.7 Å². The van der Waals surface area contributed by atoms with Gasteiger partial charge in [-0.3, -0.25) is 4.68 Å². The Balaban J connectivity index is 1.91. The van der Waals surface area contributed by atoms with Crippen LogP contribution in [0, 0.1) is 11.3 Å². The van der Waals surface area contributed by atoms with Crippen LogP contribution in [0.3, 0.4) is 0 Å². The minimum absolute atomic E-state index is 0.485. The Hall–Kier alpha value is -2.55. The fourth-order valence-electron chi connectivity index (χ4n) is 1.59. The molecule has 0 saturated heterocycles. The molecule has 0 amide bonds. The highest BCUT2D eigenvalue weighted by atomic mass is 15.3. The van der Waals surface area contributed by atoms with Gasteiger partial charge in [-0.2, -0.15) is 10.4 Å². The fourth-order valence-corrected chi connectivity index (χ4v) is 1.59. The van der Waals surface area contributed by atoms with E-state index in [2.05, 4.69) is 15.4 Å². The maximum atomic E-state index is 8.77. The van der Waals surface area contributed by atoms with Crippen LogP contribution in [-0.4, -0.2) is 21.3 Å². The largest absolute Gasteiger partial charge is 0.398 e. The summed E-state index contributed by atoms with van der Waals surface area (Å²) in [6, 6.07) is 7.33. The van der Waals surface area contributed by atoms with Gasteiger partial charge in [-0.25, -0.2) is 4.98 Å². The molecule has 1 heterocycles. The summed E-state index contributed by atoms with van der Waals surface area (Å²) in [6.07, 6.45) is 2.41. The van der Waals surface area contributed by atoms with Gasteiger partial charge in [-0.15, -0.1) is 0 Å². The summed E-state index contributed by atoms with van der Waals surface area (Å²) in [5.74, 6) is 0.798. The Morgan fingerprint density at radius 1 is 1.50 bits per heavy atom. The molecule has 1 aromatic carbocycles. The number of aromatic nitrogens is 3. The lowest BCUT2D eigenvalue weighted by Crippen LogP contribution is -2.07. The first-order valence-corrected chi connectivity index (χ1v) is 5.57. The molecule has 0 fully saturated rings. The van der Waals surface area contributed by atoms with Gasteiger partial charge in [0.2, 0.25) is 0 Å². The molecule has 6 nitrogen and oxygen atoms in total. The molecule has 0 aliphatic rings. The van der Waals surface area contributed by atoms with Crippen molar-refractivity contribution in [3.63, 3.8) is 0 Å². The molecule has 0 atom stereocenters. The monoisotopic (exact) mass is 242 g/mol. The van der Waals surface area contributed by atoms with Gasteiger partial charge in [0.1, 0.15) is 12.4 Å². The van der Waals surface area contributed by atoms with Crippen LogP contribution in [-0.2, 0) is 13.5 Å². The minimum atomic E-state index is 0.485. The van der Waals surface area contributed by atoms with Crippen molar-refractivity contribution in [2.24, 2.45) is 7.05 Å². The molecule has 0 radical (unpaired) electrons. The average molecular weight is 242 g/mol. The number of nitriles is 1. The summed E-state index contributed by atoms with van der Waals surface area (Å²) < 4.78 is 1.68. The molecule has 0 saturated carbocycles. The molecule has 0 aliphatic carbocycles. The number of anilines is 2. The molecule has 6 heteroatoms. The van der Waals surface area contributed by atoms with Crippen molar-refractivity contribution in [2.45, 2.75) is 6.42 Å². The molecule has 2 aromatic rings. The van der Waals surface area contributed by atoms with E-state index in [1.54, 1.807) is 23.1 Å². The molecular weight excluding hydrogens is 228 g/mol. The number of nitrogens with one attached hydrogen (secondary N) is 1. The zero-order chi connectivity index (χ0) is 13.0. The van der Waals surface area contributed by atoms with Gasteiger partial charge < -0.3 is 11.1 Å². The number of rotatable bonds is 4. The van der Waals surface area contributed by atoms with Gasteiger partial charge in [0.25, 0.3) is 0 Å². The van der Waals surface area contributed by atoms with Gasteiger partial charge in [-0.05, 0) is 18.2 Å². The van der Waals surface area contributed by atoms with Crippen molar-refractivity contribution in [3.05, 3.63) is 35.9 Å². The normalized spacial score (nSPS) is 10.0. The number of hydrogen-bond donors (Lipinski definition) is 2. The second kappa shape index (κ2) is 5.19. The van der Waals surface area contributed by atoms with E-state index in [0.717, 1.165) is 24.5 Å². The van der Waals surface area contributed by atoms with E-state index in [9.17, 15) is 0 Å². The van der Waals surface area contributed by atoms with Crippen molar-refractivity contribution in [1.82, 2.24) is 14.8 Å². The summed E-state index contributed by atoms with van der Waals surface area (Å²) in [6.45, 7) is 0.718. The van der Waals surface area contributed by atoms with Crippen molar-refractivity contribution in [2.75, 3.05) is 17.6 Å². The van der Waals surface area contributed by atoms with Crippen molar-refractivity contribution in [1.29, 1.82) is 5.26 Å². The van der Waals surface area contributed by atoms with Crippen molar-refractivity contribution in [3.8, 4) is 6.07 Å². The van der Waals surface area contributed by atoms with E-state index < -0.39 is 0 Å². The first kappa shape index (κ1) is 11.9. The quantitative estimate of drug-likeness (QED) is 0.778. The Morgan fingerprint density at radius 2 is 2.33 bits per heavy atom. The van der Waals surface area contributed by atoms with Gasteiger partial charge in [-0.1, -0.05) is 0 Å². The number of nitrogen functional groups attached to an aromatic ring is 1. The van der Waals surface area contributed by atoms with Crippen LogP contribution in [0.4, 0.5) is 11.4 Å². The number of nitrogens with two attached hydrogens (primary N) is 1. The van der Waals surface area contributed by atoms with E-state index in [1.807, 2.05) is 19.2 Å². The number of benzene rings is 1. The first-order valence-electron chi connectivity index (χ1n) is 5.57. The number of hydrogen-bond acceptors (Lipinski definition) is 5. The van der Waals surface area contributed by atoms with Crippen LogP contribution in [0.2, 0.25) is 0 Å². The van der Waals surface area contributed by atoms with Gasteiger partial charge in [0.15, 0.2) is 5.82 Å². The predicted molar refractivity (Wildman–Crippen MR) is 68.8 cm³/mol. The van der Waals surface area contributed by atoms with E-state index in [1.165, 1.54) is 0 Å². The molecule has 0 aliphatic heterocycles. The molecular formula is C12H14N6. The molecule has 18 heavy (non-hydrogen) atoms. The molecule has 1 aromatic heterocycles. The van der Waals surface area contributed by atoms with Crippen LogP contribution in [0.25, 0.3) is 0 Å². The van der Waals surface area contributed by atoms with E-state index in [-0.39, 0.29) is 0 Å². The van der Waals surface area contributed by atoms with E-state index in [0.29, 0.717) is 11.3 Å². The Bertz CT molecular complexity index is 580. The van der Waals surface area contributed by atoms with E-state index in [4.69, 9.17) is 11.0 Å². The molecule has 3 N–H and O–H groups in total. The highest BCUT2D eigenvalue weighted by molar-refractivity contribution is 5.62. The summed E-state index contributed by atoms with van der Waals surface area (Å²) >= 11 is 0. The summed E-state index contributed by atoms with van der Waals surface area (Å²) in [5, 5.41) is 16.2. The zero-order valence-electron chi connectivity index (χ0n) is 10.1. The Morgan fingerprint density at radius 3 is 2.94 bits per heavy atom. The molecule has 2 rings (SSSR count). The molecule has 92 valence electrons. The smallest absolute Gasteiger partial charge is 0.152 e. The molecule has 0 unspecified atom stereocenters. The highest BCUT2D eigenvalue weighted by Gasteiger charge is 2.01. The van der Waals surface area contributed by atoms with Crippen LogP contribution in [0.15, 0.2) is 24.5 Å². The maximum Gasteiger partial charge on any atom is 0.152 e. The molecule has 0 bridgehead atoms. The Kier molecular flexibility index (Phi) is 3.44. The van der Waals surface area contributed by atoms with Gasteiger partial charge in [0.05, 0.1) is 11.3 Å². The van der Waals surface area contributed by atoms with Crippen LogP contribution < -0.4 is 11.1 Å². The first-order chi connectivity index (χ1) is 8.69. The lowest BCUT2D eigenvalue weighted by molar-refractivity contribution is 0.742. The van der Waals surface area contributed by atoms with Crippen LogP contribution >= 0.6 is 0 Å². The standard InChI is InChI=1S/C12H14N6/c1-18-8-16-12(17-18)4-5-15-10-3-2-9(7-13)11(14)6-10/h2-3,6,8,15H,4-5,14H2,1H3. The topological polar surface area (TPSA) is 92.5 Å². The highest BCUT2D eigenvalue weighted by Crippen LogP contribution is 2.16. The lowest BCUT2D eigenvalue weighted by Gasteiger charge is -2.06. The van der Waals surface area contributed by atoms with E-state index >= 15 is 0 Å². The third-order valence-electron chi connectivity index (χ3n) is 2.50. The Labute approximate surface area is 105 Å². The summed E-state index contributed by atoms with van der Waals surface area (Å²) in [4.78, 5) is 4.14. The third kappa shape index (κ3) is 2.77. The fraction of sp³-hybridized carbons (Fsp3) is 0.250. The second-order valence-electron chi connectivity index (χ2n) is 3.93. The average Bonchev–Trinajstić information content (AvgIpc) is 2.75. The summed E-state index contributed by atoms with van der Waals surface area (Å²) in [5.41, 5.74) is 7.60. The lowest BCUT2D eigenvalue weighted by atomic mass is 10.2. The van der Waals surface area contributed by atoms with Gasteiger partial charge >= 0.3 is 0 Å². The maximum absolute atomic E-state index is 8.77. The van der Waals surface area contributed by atoms with Crippen molar-refractivity contribution >= 4 is 11.4 Å². The predicted octanol–water partition coefficient (Wildman–Crippen LogP) is 0.924. The summed E-state index contributed by atoms with van der Waals surface area (Å²) in [7, 11) is 1.84. The molecule has 0 spiro atoms. The number of aryl methyl sites for hydroxylation is 1. The van der Waals surface area contributed by atoms with Crippen LogP contribution in [0.5, 0.6) is 0 Å². The SMILES string of the molecule is Cn1cnc(CCNc2ccc(C#N)c(N)c2)n1. The second-order valence-corrected chi connectivity index (χ2v) is 3.93. The zero-order valence-corrected chi connectivity index (χ0v) is 10.1. The minimum Gasteiger partial charge on any atom is -0.398 e. The van der Waals surface area contributed by atoms with Crippen molar-refractivity contribution < 1.29 is 0 Å². The number of nitrogens with zero attached hydrogens (tertiary/aromatic N) is 4. The third-order valence-corrected chi connectivity index (χ3v) is 2.50.